The minimum absolute atomic E-state index is 0.00425. The van der Waals surface area contributed by atoms with Crippen molar-refractivity contribution in [3.05, 3.63) is 201 Å². The Balaban J connectivity index is 0.000000211. The zero-order valence-corrected chi connectivity index (χ0v) is 47.9. The van der Waals surface area contributed by atoms with Gasteiger partial charge in [0.1, 0.15) is 24.7 Å². The predicted octanol–water partition coefficient (Wildman–Crippen LogP) is 8.17. The number of benzene rings is 4. The highest BCUT2D eigenvalue weighted by molar-refractivity contribution is 6.31. The highest BCUT2D eigenvalue weighted by Gasteiger charge is 2.35. The Morgan fingerprint density at radius 3 is 1.48 bits per heavy atom. The molecule has 0 saturated heterocycles. The summed E-state index contributed by atoms with van der Waals surface area (Å²) in [6.45, 7) is 3.44. The third-order valence-electron chi connectivity index (χ3n) is 13.7. The van der Waals surface area contributed by atoms with Crippen LogP contribution in [-0.2, 0) is 68.0 Å². The second-order valence-electron chi connectivity index (χ2n) is 19.9. The number of carbonyl (C=O) groups excluding carboxylic acids is 9. The van der Waals surface area contributed by atoms with Gasteiger partial charge in [0.05, 0.1) is 23.1 Å². The van der Waals surface area contributed by atoms with E-state index >= 15 is 0 Å². The number of nitrogens with zero attached hydrogens (tertiary/aromatic N) is 6. The summed E-state index contributed by atoms with van der Waals surface area (Å²) in [6, 6.07) is 29.0. The Kier molecular flexibility index (Phi) is 22.6. The molecule has 0 aliphatic heterocycles. The Hall–Kier alpha value is -9.27. The molecule has 19 nitrogen and oxygen atoms in total. The fourth-order valence-electron chi connectivity index (χ4n) is 9.08. The molecule has 5 N–H and O–H groups in total. The monoisotopic (exact) mass is 1200 g/mol. The molecular formula is C62H60Cl2F2N10O9. The SMILES string of the molecule is CC(=O)c1cn(CC(=O)N(CC(=O)NCc2cccc(Cl)c2F)C2CC2)c2ccc(C(=O)NCc3ccncc3)cc12.CC(=O)c1cn(CC(=O)N(CC(=O)NCc2cccc(Cl)c2F)C2CC2)c2ccccc12.NCc1ccncc1.O=C=O. The largest absolute Gasteiger partial charge is 0.373 e. The standard InChI is InChI=1S/C31H29ClFN5O4.C24H23ClFN3O3.C6H8N2.CO2/c1-19(39)25-16-37(27-8-5-21(13-24(25)27)31(42)36-14-20-9-11-34-12-10-20)18-29(41)38(23-6-7-23)17-28(40)35-15-22-3-2-4-26(32)30(22)33;1-15(30)19-12-28(21-8-3-2-6-18(19)21)14-23(32)29(17-9-10-17)13-22(31)27-11-16-5-4-7-20(25)24(16)26;7-5-6-1-3-8-4-2-6;2-1-3/h2-5,8-13,16,23H,6-7,14-15,17-18H2,1H3,(H,35,40)(H,36,42);2-8,12,17H,9-11,13-14H2,1H3,(H,27,31);1-4H,5,7H2;. The zero-order chi connectivity index (χ0) is 61.2. The Bertz CT molecular complexity index is 3760. The lowest BCUT2D eigenvalue weighted by molar-refractivity contribution is -0.191. The number of amides is 5. The molecule has 23 heteroatoms. The molecule has 5 amide bonds. The molecule has 0 spiro atoms. The normalized spacial score (nSPS) is 12.2. The molecule has 2 aliphatic carbocycles. The lowest BCUT2D eigenvalue weighted by atomic mass is 10.1. The smallest absolute Gasteiger partial charge is 0.350 e. The first-order chi connectivity index (χ1) is 40.9. The van der Waals surface area contributed by atoms with Crippen LogP contribution in [0.4, 0.5) is 8.78 Å². The first kappa shape index (κ1) is 63.3. The number of para-hydroxylation sites is 1. The highest BCUT2D eigenvalue weighted by Crippen LogP contribution is 2.30. The number of halogens is 4. The van der Waals surface area contributed by atoms with E-state index in [1.54, 1.807) is 87.6 Å². The Labute approximate surface area is 497 Å². The molecule has 2 aliphatic rings. The van der Waals surface area contributed by atoms with Crippen LogP contribution in [0.1, 0.15) is 92.9 Å². The van der Waals surface area contributed by atoms with Gasteiger partial charge in [0, 0.05) is 125 Å². The number of hydrogen-bond acceptors (Lipinski definition) is 12. The van der Waals surface area contributed by atoms with E-state index in [-0.39, 0.29) is 114 Å². The quantitative estimate of drug-likeness (QED) is 0.0527. The van der Waals surface area contributed by atoms with Crippen molar-refractivity contribution in [3.8, 4) is 0 Å². The summed E-state index contributed by atoms with van der Waals surface area (Å²) < 4.78 is 31.6. The van der Waals surface area contributed by atoms with Crippen LogP contribution in [0.15, 0.2) is 140 Å². The van der Waals surface area contributed by atoms with E-state index < -0.39 is 17.5 Å². The van der Waals surface area contributed by atoms with Crippen molar-refractivity contribution in [2.45, 2.75) is 90.9 Å². The van der Waals surface area contributed by atoms with E-state index in [0.29, 0.717) is 40.7 Å². The molecule has 8 aromatic rings. The highest BCUT2D eigenvalue weighted by atomic mass is 35.5. The lowest BCUT2D eigenvalue weighted by Crippen LogP contribution is -2.43. The predicted molar refractivity (Wildman–Crippen MR) is 312 cm³/mol. The third-order valence-corrected chi connectivity index (χ3v) is 14.3. The summed E-state index contributed by atoms with van der Waals surface area (Å²) in [7, 11) is 0. The van der Waals surface area contributed by atoms with E-state index in [4.69, 9.17) is 38.5 Å². The van der Waals surface area contributed by atoms with E-state index in [0.717, 1.165) is 47.7 Å². The number of ketones is 2. The fourth-order valence-corrected chi connectivity index (χ4v) is 9.47. The molecule has 10 rings (SSSR count). The van der Waals surface area contributed by atoms with E-state index in [1.165, 1.54) is 36.9 Å². The number of nitrogens with two attached hydrogens (primary N) is 1. The van der Waals surface area contributed by atoms with Crippen molar-refractivity contribution in [2.24, 2.45) is 5.73 Å². The van der Waals surface area contributed by atoms with Gasteiger partial charge in [0.25, 0.3) is 5.91 Å². The van der Waals surface area contributed by atoms with Crippen LogP contribution in [0.3, 0.4) is 0 Å². The maximum Gasteiger partial charge on any atom is 0.373 e. The summed E-state index contributed by atoms with van der Waals surface area (Å²) in [6.07, 6.45) is 13.6. The summed E-state index contributed by atoms with van der Waals surface area (Å²) in [4.78, 5) is 116. The van der Waals surface area contributed by atoms with Gasteiger partial charge >= 0.3 is 6.15 Å². The number of hydrogen-bond donors (Lipinski definition) is 4. The topological polar surface area (TPSA) is 258 Å². The van der Waals surface area contributed by atoms with Crippen LogP contribution in [0.5, 0.6) is 0 Å². The minimum Gasteiger partial charge on any atom is -0.350 e. The van der Waals surface area contributed by atoms with E-state index in [9.17, 15) is 42.3 Å². The number of pyridine rings is 2. The summed E-state index contributed by atoms with van der Waals surface area (Å²) >= 11 is 11.6. The van der Waals surface area contributed by atoms with Gasteiger partial charge in [0.2, 0.25) is 23.6 Å². The van der Waals surface area contributed by atoms with Gasteiger partial charge in [-0.1, -0.05) is 65.7 Å². The molecule has 0 unspecified atom stereocenters. The average molecular weight is 1200 g/mol. The second-order valence-corrected chi connectivity index (χ2v) is 20.7. The first-order valence-corrected chi connectivity index (χ1v) is 27.6. The maximum atomic E-state index is 14.2. The van der Waals surface area contributed by atoms with E-state index in [1.807, 2.05) is 48.5 Å². The van der Waals surface area contributed by atoms with Gasteiger partial charge in [0.15, 0.2) is 11.6 Å². The van der Waals surface area contributed by atoms with Crippen LogP contribution in [-0.4, -0.2) is 101 Å². The van der Waals surface area contributed by atoms with Crippen LogP contribution in [0.2, 0.25) is 10.0 Å². The fraction of sp³-hybridized carbons (Fsp3) is 0.258. The second kappa shape index (κ2) is 30.3. The Morgan fingerprint density at radius 1 is 0.588 bits per heavy atom. The van der Waals surface area contributed by atoms with Crippen molar-refractivity contribution < 1.29 is 51.9 Å². The first-order valence-electron chi connectivity index (χ1n) is 26.9. The van der Waals surface area contributed by atoms with Crippen LogP contribution in [0, 0.1) is 11.6 Å². The summed E-state index contributed by atoms with van der Waals surface area (Å²) in [5, 5.41) is 9.51. The lowest BCUT2D eigenvalue weighted by Gasteiger charge is -2.22. The average Bonchev–Trinajstić information content (AvgIpc) is 2.25. The van der Waals surface area contributed by atoms with Gasteiger partial charge in [-0.3, -0.25) is 43.5 Å². The van der Waals surface area contributed by atoms with Crippen LogP contribution < -0.4 is 21.7 Å². The maximum absolute atomic E-state index is 14.2. The molecule has 4 aromatic carbocycles. The molecular weight excluding hydrogens is 1140 g/mol. The van der Waals surface area contributed by atoms with Crippen molar-refractivity contribution in [1.82, 2.24) is 44.9 Å². The van der Waals surface area contributed by atoms with Gasteiger partial charge in [-0.05, 0) is 111 Å². The minimum atomic E-state index is -0.593. The number of rotatable bonds is 20. The third kappa shape index (κ3) is 17.6. The molecule has 0 radical (unpaired) electrons. The van der Waals surface area contributed by atoms with Crippen molar-refractivity contribution in [3.63, 3.8) is 0 Å². The molecule has 0 atom stereocenters. The van der Waals surface area contributed by atoms with Crippen LogP contribution in [0.25, 0.3) is 21.8 Å². The van der Waals surface area contributed by atoms with Crippen molar-refractivity contribution in [1.29, 1.82) is 0 Å². The molecule has 2 saturated carbocycles. The number of carbonyl (C=O) groups is 7. The number of fused-ring (bicyclic) bond motifs is 2. The van der Waals surface area contributed by atoms with Crippen molar-refractivity contribution in [2.75, 3.05) is 13.1 Å². The molecule has 85 heavy (non-hydrogen) atoms. The number of nitrogens with one attached hydrogen (secondary N) is 3. The molecule has 0 bridgehead atoms. The van der Waals surface area contributed by atoms with Gasteiger partial charge in [-0.2, -0.15) is 9.59 Å². The van der Waals surface area contributed by atoms with Gasteiger partial charge < -0.3 is 40.6 Å². The van der Waals surface area contributed by atoms with Crippen LogP contribution >= 0.6 is 23.2 Å². The number of Topliss-reactive ketones (excluding diaryl/α,β-unsaturated/α-hetero) is 2. The van der Waals surface area contributed by atoms with Gasteiger partial charge in [-0.25, -0.2) is 8.78 Å². The zero-order valence-electron chi connectivity index (χ0n) is 46.4. The van der Waals surface area contributed by atoms with E-state index in [2.05, 4.69) is 25.9 Å². The number of aromatic nitrogens is 4. The molecule has 440 valence electrons. The van der Waals surface area contributed by atoms with Gasteiger partial charge in [-0.15, -0.1) is 0 Å². The summed E-state index contributed by atoms with van der Waals surface area (Å²) in [5.41, 5.74) is 10.6. The molecule has 2 fully saturated rings. The summed E-state index contributed by atoms with van der Waals surface area (Å²) in [5.74, 6) is -3.00. The van der Waals surface area contributed by atoms with Crippen molar-refractivity contribution >= 4 is 92.3 Å². The molecule has 4 heterocycles. The Morgan fingerprint density at radius 2 is 1.04 bits per heavy atom. The molecule has 4 aromatic heterocycles.